The summed E-state index contributed by atoms with van der Waals surface area (Å²) in [6, 6.07) is 0. The van der Waals surface area contributed by atoms with Crippen molar-refractivity contribution in [3.63, 3.8) is 0 Å². The molecule has 96 valence electrons. The Kier molecular flexibility index (Phi) is 5.04. The zero-order chi connectivity index (χ0) is 10.9. The Morgan fingerprint density at radius 2 is 1.75 bits per heavy atom. The van der Waals surface area contributed by atoms with E-state index in [2.05, 4.69) is 5.32 Å². The van der Waals surface area contributed by atoms with Gasteiger partial charge in [-0.05, 0) is 45.2 Å². The van der Waals surface area contributed by atoms with Gasteiger partial charge in [-0.2, -0.15) is 0 Å². The lowest BCUT2D eigenvalue weighted by atomic mass is 9.98. The van der Waals surface area contributed by atoms with Gasteiger partial charge in [-0.25, -0.2) is 12.7 Å². The third-order valence-electron chi connectivity index (χ3n) is 3.37. The lowest BCUT2D eigenvalue weighted by Crippen LogP contribution is -2.41. The van der Waals surface area contributed by atoms with Crippen molar-refractivity contribution in [3.8, 4) is 0 Å². The largest absolute Gasteiger partial charge is 0.319 e. The van der Waals surface area contributed by atoms with Gasteiger partial charge in [0.05, 0.1) is 5.25 Å². The first-order chi connectivity index (χ1) is 7.14. The molecule has 1 aliphatic heterocycles. The number of hydrogen-bond donors (Lipinski definition) is 1. The normalized spacial score (nSPS) is 24.1. The van der Waals surface area contributed by atoms with Crippen molar-refractivity contribution >= 4 is 22.4 Å². The summed E-state index contributed by atoms with van der Waals surface area (Å²) < 4.78 is 25.6. The molecule has 0 unspecified atom stereocenters. The van der Waals surface area contributed by atoms with Crippen molar-refractivity contribution in [3.05, 3.63) is 0 Å². The van der Waals surface area contributed by atoms with Gasteiger partial charge in [-0.3, -0.25) is 0 Å². The van der Waals surface area contributed by atoms with E-state index in [1.807, 2.05) is 7.05 Å². The molecule has 2 rings (SSSR count). The fourth-order valence-electron chi connectivity index (χ4n) is 2.23. The standard InChI is InChI=1S/C10H20N2O2S.ClH/c1-11-8-9-4-6-12(7-5-9)15(13,14)10-2-3-10;/h9-11H,2-8H2,1H3;1H. The van der Waals surface area contributed by atoms with Crippen LogP contribution in [0.1, 0.15) is 25.7 Å². The van der Waals surface area contributed by atoms with Crippen LogP contribution < -0.4 is 5.32 Å². The van der Waals surface area contributed by atoms with Crippen LogP contribution in [0, 0.1) is 5.92 Å². The van der Waals surface area contributed by atoms with E-state index >= 15 is 0 Å². The Morgan fingerprint density at radius 3 is 2.19 bits per heavy atom. The van der Waals surface area contributed by atoms with Crippen LogP contribution in [0.5, 0.6) is 0 Å². The van der Waals surface area contributed by atoms with Crippen LogP contribution in [0.15, 0.2) is 0 Å². The monoisotopic (exact) mass is 268 g/mol. The summed E-state index contributed by atoms with van der Waals surface area (Å²) in [7, 11) is -0.963. The van der Waals surface area contributed by atoms with Crippen molar-refractivity contribution in [1.29, 1.82) is 0 Å². The Labute approximate surface area is 104 Å². The van der Waals surface area contributed by atoms with Gasteiger partial charge in [-0.15, -0.1) is 12.4 Å². The van der Waals surface area contributed by atoms with Crippen LogP contribution in [0.2, 0.25) is 0 Å². The number of hydrogen-bond acceptors (Lipinski definition) is 3. The molecule has 0 spiro atoms. The van der Waals surface area contributed by atoms with E-state index in [9.17, 15) is 8.42 Å². The fraction of sp³-hybridized carbons (Fsp3) is 1.00. The van der Waals surface area contributed by atoms with Crippen LogP contribution in [0.3, 0.4) is 0 Å². The van der Waals surface area contributed by atoms with E-state index in [1.165, 1.54) is 0 Å². The van der Waals surface area contributed by atoms with Crippen LogP contribution >= 0.6 is 12.4 Å². The quantitative estimate of drug-likeness (QED) is 0.822. The highest BCUT2D eigenvalue weighted by molar-refractivity contribution is 7.90. The van der Waals surface area contributed by atoms with Gasteiger partial charge in [0.1, 0.15) is 0 Å². The average molecular weight is 269 g/mol. The van der Waals surface area contributed by atoms with Crippen LogP contribution in [0.4, 0.5) is 0 Å². The third kappa shape index (κ3) is 3.09. The molecule has 16 heavy (non-hydrogen) atoms. The number of nitrogens with one attached hydrogen (secondary N) is 1. The second-order valence-electron chi connectivity index (χ2n) is 4.64. The number of nitrogens with zero attached hydrogens (tertiary/aromatic N) is 1. The summed E-state index contributed by atoms with van der Waals surface area (Å²) in [4.78, 5) is 0. The maximum atomic E-state index is 11.9. The molecule has 0 bridgehead atoms. The van der Waals surface area contributed by atoms with Gasteiger partial charge in [0.2, 0.25) is 10.0 Å². The first-order valence-corrected chi connectivity index (χ1v) is 7.28. The molecular weight excluding hydrogens is 248 g/mol. The molecule has 0 aromatic carbocycles. The minimum Gasteiger partial charge on any atom is -0.319 e. The van der Waals surface area contributed by atoms with Gasteiger partial charge in [0, 0.05) is 13.1 Å². The highest BCUT2D eigenvalue weighted by atomic mass is 35.5. The zero-order valence-corrected chi connectivity index (χ0v) is 11.3. The lowest BCUT2D eigenvalue weighted by molar-refractivity contribution is 0.270. The molecule has 2 aliphatic rings. The molecule has 0 atom stereocenters. The molecule has 1 heterocycles. The summed E-state index contributed by atoms with van der Waals surface area (Å²) in [6.07, 6.45) is 3.76. The molecule has 1 N–H and O–H groups in total. The predicted molar refractivity (Wildman–Crippen MR) is 67.4 cm³/mol. The van der Waals surface area contributed by atoms with Crippen LogP contribution in [0.25, 0.3) is 0 Å². The van der Waals surface area contributed by atoms with Gasteiger partial charge in [-0.1, -0.05) is 0 Å². The van der Waals surface area contributed by atoms with Crippen molar-refractivity contribution < 1.29 is 8.42 Å². The van der Waals surface area contributed by atoms with Gasteiger partial charge < -0.3 is 5.32 Å². The van der Waals surface area contributed by atoms with E-state index in [4.69, 9.17) is 0 Å². The highest BCUT2D eigenvalue weighted by Gasteiger charge is 2.40. The molecule has 6 heteroatoms. The molecule has 0 aromatic heterocycles. The molecule has 2 fully saturated rings. The fourth-order valence-corrected chi connectivity index (χ4v) is 4.11. The summed E-state index contributed by atoms with van der Waals surface area (Å²) in [5.74, 6) is 0.653. The topological polar surface area (TPSA) is 49.4 Å². The molecular formula is C10H21ClN2O2S. The van der Waals surface area contributed by atoms with E-state index < -0.39 is 10.0 Å². The van der Waals surface area contributed by atoms with Crippen LogP contribution in [-0.4, -0.2) is 44.7 Å². The number of piperidine rings is 1. The number of halogens is 1. The van der Waals surface area contributed by atoms with Crippen molar-refractivity contribution in [1.82, 2.24) is 9.62 Å². The summed E-state index contributed by atoms with van der Waals surface area (Å²) in [5.41, 5.74) is 0. The Hall–Kier alpha value is 0.160. The van der Waals surface area contributed by atoms with Crippen LogP contribution in [-0.2, 0) is 10.0 Å². The Balaban J connectivity index is 0.00000128. The van der Waals surface area contributed by atoms with Crippen molar-refractivity contribution in [2.24, 2.45) is 5.92 Å². The first kappa shape index (κ1) is 14.2. The van der Waals surface area contributed by atoms with Gasteiger partial charge >= 0.3 is 0 Å². The maximum Gasteiger partial charge on any atom is 0.216 e. The molecule has 4 nitrogen and oxygen atoms in total. The van der Waals surface area contributed by atoms with E-state index in [-0.39, 0.29) is 17.7 Å². The zero-order valence-electron chi connectivity index (χ0n) is 9.68. The Bertz CT molecular complexity index is 309. The molecule has 0 aromatic rings. The second kappa shape index (κ2) is 5.67. The van der Waals surface area contributed by atoms with Gasteiger partial charge in [0.25, 0.3) is 0 Å². The maximum absolute atomic E-state index is 11.9. The summed E-state index contributed by atoms with van der Waals surface area (Å²) in [6.45, 7) is 2.47. The van der Waals surface area contributed by atoms with Crippen molar-refractivity contribution in [2.45, 2.75) is 30.9 Å². The lowest BCUT2D eigenvalue weighted by Gasteiger charge is -2.31. The SMILES string of the molecule is CNCC1CCN(S(=O)(=O)C2CC2)CC1.Cl. The smallest absolute Gasteiger partial charge is 0.216 e. The molecule has 1 saturated heterocycles. The molecule has 0 amide bonds. The average Bonchev–Trinajstić information content (AvgIpc) is 3.02. The summed E-state index contributed by atoms with van der Waals surface area (Å²) >= 11 is 0. The molecule has 1 aliphatic carbocycles. The third-order valence-corrected chi connectivity index (χ3v) is 5.77. The Morgan fingerprint density at radius 1 is 1.19 bits per heavy atom. The number of rotatable bonds is 4. The first-order valence-electron chi connectivity index (χ1n) is 5.78. The minimum absolute atomic E-state index is 0. The van der Waals surface area contributed by atoms with E-state index in [0.29, 0.717) is 5.92 Å². The number of sulfonamides is 1. The molecule has 0 radical (unpaired) electrons. The van der Waals surface area contributed by atoms with E-state index in [0.717, 1.165) is 45.3 Å². The summed E-state index contributed by atoms with van der Waals surface area (Å²) in [5, 5.41) is 3.11. The van der Waals surface area contributed by atoms with Crippen molar-refractivity contribution in [2.75, 3.05) is 26.7 Å². The minimum atomic E-state index is -2.91. The predicted octanol–water partition coefficient (Wildman–Crippen LogP) is 0.832. The second-order valence-corrected chi connectivity index (χ2v) is 6.86. The molecule has 1 saturated carbocycles. The van der Waals surface area contributed by atoms with E-state index in [1.54, 1.807) is 4.31 Å². The highest BCUT2D eigenvalue weighted by Crippen LogP contribution is 2.32. The van der Waals surface area contributed by atoms with Gasteiger partial charge in [0.15, 0.2) is 0 Å².